The highest BCUT2D eigenvalue weighted by Gasteiger charge is 2.19. The van der Waals surface area contributed by atoms with Crippen molar-refractivity contribution in [2.75, 3.05) is 24.6 Å². The fourth-order valence-electron chi connectivity index (χ4n) is 1.33. The number of nitrogens with one attached hydrogen (secondary N) is 1. The Labute approximate surface area is 87.1 Å². The summed E-state index contributed by atoms with van der Waals surface area (Å²) in [5.74, 6) is 3.69. The summed E-state index contributed by atoms with van der Waals surface area (Å²) in [5.41, 5.74) is 0. The third kappa shape index (κ3) is 7.39. The Hall–Kier alpha value is 0.310. The Balaban J connectivity index is 1.63. The molecule has 1 fully saturated rings. The summed E-state index contributed by atoms with van der Waals surface area (Å²) in [6, 6.07) is 0. The van der Waals surface area contributed by atoms with Crippen molar-refractivity contribution in [2.45, 2.75) is 39.0 Å². The molecule has 0 radical (unpaired) electrons. The average Bonchev–Trinajstić information content (AvgIpc) is 2.93. The van der Waals surface area contributed by atoms with Crippen LogP contribution in [0.3, 0.4) is 0 Å². The molecule has 0 atom stereocenters. The number of unbranched alkanes of at least 4 members (excludes halogenated alkanes) is 2. The zero-order valence-electron chi connectivity index (χ0n) is 8.85. The van der Waals surface area contributed by atoms with Crippen molar-refractivity contribution in [3.63, 3.8) is 0 Å². The Bertz CT molecular complexity index is 113. The summed E-state index contributed by atoms with van der Waals surface area (Å²) >= 11 is 2.10. The van der Waals surface area contributed by atoms with Gasteiger partial charge in [0.2, 0.25) is 0 Å². The first-order valence-electron chi connectivity index (χ1n) is 5.72. The van der Waals surface area contributed by atoms with Crippen LogP contribution in [0.1, 0.15) is 39.0 Å². The highest BCUT2D eigenvalue weighted by Crippen LogP contribution is 2.27. The van der Waals surface area contributed by atoms with E-state index in [0.29, 0.717) is 0 Å². The van der Waals surface area contributed by atoms with Crippen molar-refractivity contribution < 1.29 is 0 Å². The van der Waals surface area contributed by atoms with Crippen LogP contribution < -0.4 is 5.32 Å². The minimum Gasteiger partial charge on any atom is -0.316 e. The normalized spacial score (nSPS) is 16.4. The average molecular weight is 201 g/mol. The number of thioether (sulfide) groups is 1. The molecule has 0 aromatic rings. The lowest BCUT2D eigenvalue weighted by molar-refractivity contribution is 0.665. The van der Waals surface area contributed by atoms with Crippen LogP contribution in [0.25, 0.3) is 0 Å². The van der Waals surface area contributed by atoms with Gasteiger partial charge >= 0.3 is 0 Å². The highest BCUT2D eigenvalue weighted by atomic mass is 32.2. The van der Waals surface area contributed by atoms with E-state index in [1.807, 2.05) is 0 Å². The maximum absolute atomic E-state index is 3.52. The molecule has 0 saturated heterocycles. The first-order chi connectivity index (χ1) is 6.43. The number of hydrogen-bond acceptors (Lipinski definition) is 2. The van der Waals surface area contributed by atoms with Crippen molar-refractivity contribution in [1.29, 1.82) is 0 Å². The number of hydrogen-bond donors (Lipinski definition) is 1. The molecule has 1 rings (SSSR count). The fraction of sp³-hybridized carbons (Fsp3) is 1.00. The van der Waals surface area contributed by atoms with E-state index in [-0.39, 0.29) is 0 Å². The van der Waals surface area contributed by atoms with Crippen LogP contribution in [0.4, 0.5) is 0 Å². The van der Waals surface area contributed by atoms with E-state index in [0.717, 1.165) is 5.92 Å². The van der Waals surface area contributed by atoms with E-state index in [1.54, 1.807) is 0 Å². The minimum atomic E-state index is 1.03. The molecule has 0 aromatic carbocycles. The summed E-state index contributed by atoms with van der Waals surface area (Å²) in [5, 5.41) is 3.52. The summed E-state index contributed by atoms with van der Waals surface area (Å²) in [6.45, 7) is 4.75. The second kappa shape index (κ2) is 7.69. The topological polar surface area (TPSA) is 12.0 Å². The van der Waals surface area contributed by atoms with Crippen molar-refractivity contribution in [1.82, 2.24) is 5.32 Å². The molecular formula is C11H23NS. The Kier molecular flexibility index (Phi) is 6.73. The first-order valence-corrected chi connectivity index (χ1v) is 6.87. The van der Waals surface area contributed by atoms with Gasteiger partial charge in [-0.05, 0) is 37.5 Å². The summed E-state index contributed by atoms with van der Waals surface area (Å²) in [7, 11) is 0. The van der Waals surface area contributed by atoms with Gasteiger partial charge in [0.05, 0.1) is 0 Å². The van der Waals surface area contributed by atoms with E-state index in [4.69, 9.17) is 0 Å². The van der Waals surface area contributed by atoms with Gasteiger partial charge in [0.25, 0.3) is 0 Å². The van der Waals surface area contributed by atoms with Gasteiger partial charge in [0, 0.05) is 12.3 Å². The summed E-state index contributed by atoms with van der Waals surface area (Å²) in [4.78, 5) is 0. The zero-order valence-corrected chi connectivity index (χ0v) is 9.67. The Morgan fingerprint density at radius 3 is 2.77 bits per heavy atom. The molecule has 2 heteroatoms. The maximum Gasteiger partial charge on any atom is 0.00581 e. The van der Waals surface area contributed by atoms with Crippen LogP contribution in [-0.4, -0.2) is 24.6 Å². The van der Waals surface area contributed by atoms with Gasteiger partial charge in [-0.25, -0.2) is 0 Å². The molecule has 0 aliphatic heterocycles. The lowest BCUT2D eigenvalue weighted by atomic mass is 10.3. The molecule has 1 N–H and O–H groups in total. The standard InChI is InChI=1S/C11H23NS/c1-2-3-4-8-13-9-7-12-10-11-5-6-11/h11-12H,2-10H2,1H3. The summed E-state index contributed by atoms with van der Waals surface area (Å²) < 4.78 is 0. The summed E-state index contributed by atoms with van der Waals surface area (Å²) in [6.07, 6.45) is 7.10. The molecule has 1 aliphatic rings. The predicted octanol–water partition coefficient (Wildman–Crippen LogP) is 2.91. The molecule has 0 spiro atoms. The zero-order chi connectivity index (χ0) is 9.36. The van der Waals surface area contributed by atoms with E-state index in [9.17, 15) is 0 Å². The van der Waals surface area contributed by atoms with Crippen LogP contribution in [0.5, 0.6) is 0 Å². The van der Waals surface area contributed by atoms with Gasteiger partial charge in [-0.15, -0.1) is 0 Å². The quantitative estimate of drug-likeness (QED) is 0.576. The molecule has 1 nitrogen and oxygen atoms in total. The second-order valence-electron chi connectivity index (χ2n) is 3.97. The van der Waals surface area contributed by atoms with Crippen molar-refractivity contribution in [3.05, 3.63) is 0 Å². The van der Waals surface area contributed by atoms with E-state index in [2.05, 4.69) is 24.0 Å². The fourth-order valence-corrected chi connectivity index (χ4v) is 2.23. The second-order valence-corrected chi connectivity index (χ2v) is 5.19. The smallest absolute Gasteiger partial charge is 0.00581 e. The van der Waals surface area contributed by atoms with Gasteiger partial charge in [-0.2, -0.15) is 11.8 Å². The molecular weight excluding hydrogens is 178 g/mol. The van der Waals surface area contributed by atoms with Crippen LogP contribution in [-0.2, 0) is 0 Å². The molecule has 13 heavy (non-hydrogen) atoms. The van der Waals surface area contributed by atoms with Gasteiger partial charge in [-0.3, -0.25) is 0 Å². The van der Waals surface area contributed by atoms with Crippen molar-refractivity contribution in [3.8, 4) is 0 Å². The lowest BCUT2D eigenvalue weighted by Crippen LogP contribution is -2.19. The molecule has 1 aliphatic carbocycles. The van der Waals surface area contributed by atoms with Gasteiger partial charge in [0.1, 0.15) is 0 Å². The molecule has 0 unspecified atom stereocenters. The molecule has 78 valence electrons. The van der Waals surface area contributed by atoms with Crippen LogP contribution in [0, 0.1) is 5.92 Å². The van der Waals surface area contributed by atoms with Crippen LogP contribution in [0.15, 0.2) is 0 Å². The Morgan fingerprint density at radius 2 is 2.08 bits per heavy atom. The van der Waals surface area contributed by atoms with Crippen LogP contribution in [0.2, 0.25) is 0 Å². The van der Waals surface area contributed by atoms with Crippen molar-refractivity contribution >= 4 is 11.8 Å². The van der Waals surface area contributed by atoms with E-state index in [1.165, 1.54) is 56.7 Å². The molecule has 0 aromatic heterocycles. The van der Waals surface area contributed by atoms with E-state index >= 15 is 0 Å². The van der Waals surface area contributed by atoms with Crippen molar-refractivity contribution in [2.24, 2.45) is 5.92 Å². The van der Waals surface area contributed by atoms with Gasteiger partial charge < -0.3 is 5.32 Å². The van der Waals surface area contributed by atoms with E-state index < -0.39 is 0 Å². The molecule has 0 heterocycles. The largest absolute Gasteiger partial charge is 0.316 e. The predicted molar refractivity (Wildman–Crippen MR) is 62.4 cm³/mol. The maximum atomic E-state index is 3.52. The highest BCUT2D eigenvalue weighted by molar-refractivity contribution is 7.99. The van der Waals surface area contributed by atoms with Crippen LogP contribution >= 0.6 is 11.8 Å². The van der Waals surface area contributed by atoms with Gasteiger partial charge in [0.15, 0.2) is 0 Å². The molecule has 0 amide bonds. The molecule has 0 bridgehead atoms. The lowest BCUT2D eigenvalue weighted by Gasteiger charge is -2.03. The third-order valence-corrected chi connectivity index (χ3v) is 3.52. The first kappa shape index (κ1) is 11.4. The van der Waals surface area contributed by atoms with Gasteiger partial charge in [-0.1, -0.05) is 19.8 Å². The SMILES string of the molecule is CCCCCSCCNCC1CC1. The monoisotopic (exact) mass is 201 g/mol. The third-order valence-electron chi connectivity index (χ3n) is 2.45. The Morgan fingerprint density at radius 1 is 1.23 bits per heavy atom. The molecule has 1 saturated carbocycles. The minimum absolute atomic E-state index is 1.03. The number of rotatable bonds is 9.